The van der Waals surface area contributed by atoms with Crippen molar-refractivity contribution in [2.75, 3.05) is 0 Å². The van der Waals surface area contributed by atoms with Gasteiger partial charge in [0.15, 0.2) is 5.82 Å². The maximum atomic E-state index is 11.5. The third kappa shape index (κ3) is 5.43. The molecule has 0 aliphatic heterocycles. The number of nitrogens with zero attached hydrogens (tertiary/aromatic N) is 3. The number of carbonyl (C=O) groups excluding carboxylic acids is 1. The van der Waals surface area contributed by atoms with Crippen molar-refractivity contribution in [3.8, 4) is 22.9 Å². The molecule has 3 rings (SSSR count). The summed E-state index contributed by atoms with van der Waals surface area (Å²) in [5.74, 6) is 1.51. The summed E-state index contributed by atoms with van der Waals surface area (Å²) in [7, 11) is 0. The van der Waals surface area contributed by atoms with Crippen LogP contribution in [0.5, 0.6) is 11.5 Å². The zero-order valence-corrected chi connectivity index (χ0v) is 15.6. The van der Waals surface area contributed by atoms with Gasteiger partial charge in [-0.1, -0.05) is 11.6 Å². The van der Waals surface area contributed by atoms with E-state index in [2.05, 4.69) is 10.1 Å². The molecule has 138 valence electrons. The second kappa shape index (κ2) is 8.51. The van der Waals surface area contributed by atoms with Crippen molar-refractivity contribution in [1.82, 2.24) is 14.8 Å². The Morgan fingerprint density at radius 1 is 1.07 bits per heavy atom. The van der Waals surface area contributed by atoms with E-state index in [0.717, 1.165) is 5.56 Å². The third-order valence-corrected chi connectivity index (χ3v) is 3.64. The third-order valence-electron chi connectivity index (χ3n) is 3.39. The molecule has 0 aliphatic carbocycles. The predicted molar refractivity (Wildman–Crippen MR) is 104 cm³/mol. The van der Waals surface area contributed by atoms with Gasteiger partial charge in [0.25, 0.3) is 0 Å². The Hall–Kier alpha value is -3.12. The Labute approximate surface area is 162 Å². The lowest BCUT2D eigenvalue weighted by Gasteiger charge is -2.06. The van der Waals surface area contributed by atoms with Crippen LogP contribution in [0.15, 0.2) is 60.9 Å². The van der Waals surface area contributed by atoms with Crippen LogP contribution >= 0.6 is 11.6 Å². The van der Waals surface area contributed by atoms with Crippen LogP contribution in [0.25, 0.3) is 17.6 Å². The Morgan fingerprint density at radius 2 is 1.70 bits per heavy atom. The van der Waals surface area contributed by atoms with Crippen LogP contribution in [0.3, 0.4) is 0 Å². The largest absolute Gasteiger partial charge is 0.460 e. The average Bonchev–Trinajstić information content (AvgIpc) is 3.11. The highest BCUT2D eigenvalue weighted by atomic mass is 35.5. The second-order valence-corrected chi connectivity index (χ2v) is 6.37. The van der Waals surface area contributed by atoms with Crippen molar-refractivity contribution in [2.24, 2.45) is 0 Å². The first kappa shape index (κ1) is 18.7. The molecule has 3 aromatic rings. The van der Waals surface area contributed by atoms with E-state index in [1.165, 1.54) is 23.3 Å². The van der Waals surface area contributed by atoms with Gasteiger partial charge in [-0.05, 0) is 62.4 Å². The predicted octanol–water partition coefficient (Wildman–Crippen LogP) is 4.81. The summed E-state index contributed by atoms with van der Waals surface area (Å²) in [5.41, 5.74) is 0.829. The Bertz CT molecular complexity index is 932. The molecular weight excluding hydrogens is 366 g/mol. The molecule has 1 heterocycles. The topological polar surface area (TPSA) is 66.2 Å². The van der Waals surface area contributed by atoms with E-state index in [9.17, 15) is 4.79 Å². The molecule has 1 aromatic heterocycles. The van der Waals surface area contributed by atoms with Gasteiger partial charge in [-0.3, -0.25) is 0 Å². The maximum Gasteiger partial charge on any atom is 0.332 e. The Kier molecular flexibility index (Phi) is 5.88. The van der Waals surface area contributed by atoms with Crippen molar-refractivity contribution in [3.05, 3.63) is 66.0 Å². The number of ether oxygens (including phenoxy) is 2. The summed E-state index contributed by atoms with van der Waals surface area (Å²) < 4.78 is 12.2. The molecule has 0 amide bonds. The van der Waals surface area contributed by atoms with E-state index >= 15 is 0 Å². The second-order valence-electron chi connectivity index (χ2n) is 5.93. The first-order chi connectivity index (χ1) is 13.0. The van der Waals surface area contributed by atoms with Gasteiger partial charge in [-0.2, -0.15) is 0 Å². The highest BCUT2D eigenvalue weighted by molar-refractivity contribution is 6.30. The number of benzene rings is 2. The maximum absolute atomic E-state index is 11.5. The molecule has 0 N–H and O–H groups in total. The first-order valence-corrected chi connectivity index (χ1v) is 8.71. The minimum absolute atomic E-state index is 0.165. The van der Waals surface area contributed by atoms with Crippen LogP contribution < -0.4 is 4.74 Å². The minimum Gasteiger partial charge on any atom is -0.460 e. The molecule has 27 heavy (non-hydrogen) atoms. The van der Waals surface area contributed by atoms with Gasteiger partial charge < -0.3 is 9.47 Å². The molecule has 6 nitrogen and oxygen atoms in total. The van der Waals surface area contributed by atoms with Crippen LogP contribution in [0.4, 0.5) is 0 Å². The molecule has 0 saturated heterocycles. The van der Waals surface area contributed by atoms with Gasteiger partial charge in [0.2, 0.25) is 0 Å². The molecule has 0 saturated carbocycles. The summed E-state index contributed by atoms with van der Waals surface area (Å²) in [6, 6.07) is 14.5. The van der Waals surface area contributed by atoms with Gasteiger partial charge >= 0.3 is 5.97 Å². The molecule has 0 bridgehead atoms. The quantitative estimate of drug-likeness (QED) is 0.451. The van der Waals surface area contributed by atoms with Crippen molar-refractivity contribution >= 4 is 23.8 Å². The van der Waals surface area contributed by atoms with Crippen LogP contribution in [0.2, 0.25) is 5.02 Å². The van der Waals surface area contributed by atoms with E-state index in [1.54, 1.807) is 38.1 Å². The van der Waals surface area contributed by atoms with Crippen molar-refractivity contribution in [2.45, 2.75) is 20.0 Å². The van der Waals surface area contributed by atoms with E-state index in [0.29, 0.717) is 22.3 Å². The van der Waals surface area contributed by atoms with Gasteiger partial charge in [0, 0.05) is 22.9 Å². The molecular formula is C20H18ClN3O3. The number of esters is 1. The van der Waals surface area contributed by atoms with Gasteiger partial charge in [0.1, 0.15) is 17.8 Å². The summed E-state index contributed by atoms with van der Waals surface area (Å²) >= 11 is 5.87. The molecule has 0 spiro atoms. The SMILES string of the molecule is CC(C)OC(=O)/C=C/n1cnc(-c2ccc(Oc3ccc(Cl)cc3)cc2)n1. The van der Waals surface area contributed by atoms with Crippen LogP contribution in [0, 0.1) is 0 Å². The lowest BCUT2D eigenvalue weighted by molar-refractivity contribution is -0.141. The zero-order valence-electron chi connectivity index (χ0n) is 14.9. The van der Waals surface area contributed by atoms with E-state index in [1.807, 2.05) is 24.3 Å². The van der Waals surface area contributed by atoms with Crippen molar-refractivity contribution < 1.29 is 14.3 Å². The fourth-order valence-electron chi connectivity index (χ4n) is 2.20. The normalized spacial score (nSPS) is 11.1. The number of halogens is 1. The number of aromatic nitrogens is 3. The van der Waals surface area contributed by atoms with Gasteiger partial charge in [-0.25, -0.2) is 14.5 Å². The van der Waals surface area contributed by atoms with Crippen molar-refractivity contribution in [1.29, 1.82) is 0 Å². The highest BCUT2D eigenvalue weighted by Gasteiger charge is 2.05. The smallest absolute Gasteiger partial charge is 0.332 e. The van der Waals surface area contributed by atoms with Gasteiger partial charge in [-0.15, -0.1) is 5.10 Å². The number of rotatable bonds is 6. The molecule has 0 aliphatic rings. The lowest BCUT2D eigenvalue weighted by atomic mass is 10.2. The number of hydrogen-bond acceptors (Lipinski definition) is 5. The van der Waals surface area contributed by atoms with E-state index < -0.39 is 5.97 Å². The molecule has 7 heteroatoms. The minimum atomic E-state index is -0.425. The highest BCUT2D eigenvalue weighted by Crippen LogP contribution is 2.25. The molecule has 0 unspecified atom stereocenters. The summed E-state index contributed by atoms with van der Waals surface area (Å²) in [5, 5.41) is 4.97. The lowest BCUT2D eigenvalue weighted by Crippen LogP contribution is -2.08. The van der Waals surface area contributed by atoms with Gasteiger partial charge in [0.05, 0.1) is 6.10 Å². The molecule has 0 radical (unpaired) electrons. The summed E-state index contributed by atoms with van der Waals surface area (Å²) in [6.07, 6.45) is 4.16. The van der Waals surface area contributed by atoms with Crippen LogP contribution in [-0.4, -0.2) is 26.8 Å². The Balaban J connectivity index is 1.65. The molecule has 0 atom stereocenters. The fraction of sp³-hybridized carbons (Fsp3) is 0.150. The van der Waals surface area contributed by atoms with E-state index in [4.69, 9.17) is 21.1 Å². The van der Waals surface area contributed by atoms with Crippen LogP contribution in [0.1, 0.15) is 13.8 Å². The average molecular weight is 384 g/mol. The summed E-state index contributed by atoms with van der Waals surface area (Å²) in [4.78, 5) is 15.8. The number of carbonyl (C=O) groups is 1. The molecule has 2 aromatic carbocycles. The van der Waals surface area contributed by atoms with Crippen LogP contribution in [-0.2, 0) is 9.53 Å². The first-order valence-electron chi connectivity index (χ1n) is 8.33. The van der Waals surface area contributed by atoms with Crippen molar-refractivity contribution in [3.63, 3.8) is 0 Å². The standard InChI is InChI=1S/C20H18ClN3O3/c1-14(2)26-19(25)11-12-24-13-22-20(23-24)15-3-7-17(8-4-15)27-18-9-5-16(21)6-10-18/h3-14H,1-2H3/b12-11+. The van der Waals surface area contributed by atoms with E-state index in [-0.39, 0.29) is 6.10 Å². The zero-order chi connectivity index (χ0) is 19.2. The monoisotopic (exact) mass is 383 g/mol. The molecule has 0 fully saturated rings. The Morgan fingerprint density at radius 3 is 2.33 bits per heavy atom. The number of hydrogen-bond donors (Lipinski definition) is 0. The fourth-order valence-corrected chi connectivity index (χ4v) is 2.32. The summed E-state index contributed by atoms with van der Waals surface area (Å²) in [6.45, 7) is 3.58.